The fraction of sp³-hybridized carbons (Fsp3) is 0.174. The molecule has 2 amide bonds. The Morgan fingerprint density at radius 3 is 2.67 bits per heavy atom. The molecule has 0 aliphatic carbocycles. The lowest BCUT2D eigenvalue weighted by Crippen LogP contribution is -2.29. The number of rotatable bonds is 8. The van der Waals surface area contributed by atoms with Gasteiger partial charge in [-0.1, -0.05) is 51.8 Å². The summed E-state index contributed by atoms with van der Waals surface area (Å²) >= 11 is 13.3. The summed E-state index contributed by atoms with van der Waals surface area (Å²) in [6, 6.07) is 16.8. The molecule has 0 bridgehead atoms. The molecule has 33 heavy (non-hydrogen) atoms. The van der Waals surface area contributed by atoms with Crippen molar-refractivity contribution in [2.45, 2.75) is 12.8 Å². The zero-order valence-electron chi connectivity index (χ0n) is 17.5. The van der Waals surface area contributed by atoms with Gasteiger partial charge in [-0.25, -0.2) is 9.78 Å². The van der Waals surface area contributed by atoms with Gasteiger partial charge in [0.2, 0.25) is 0 Å². The third kappa shape index (κ3) is 6.04. The van der Waals surface area contributed by atoms with Crippen LogP contribution in [0.4, 0.5) is 16.3 Å². The van der Waals surface area contributed by atoms with Crippen LogP contribution in [-0.4, -0.2) is 33.7 Å². The number of nitrogens with zero attached hydrogens (tertiary/aromatic N) is 3. The van der Waals surface area contributed by atoms with E-state index in [1.807, 2.05) is 54.6 Å². The summed E-state index contributed by atoms with van der Waals surface area (Å²) < 4.78 is 3.48. The van der Waals surface area contributed by atoms with Gasteiger partial charge in [-0.3, -0.25) is 0 Å². The number of nitrogens with one attached hydrogen (secondary N) is 3. The number of halogens is 3. The number of urea groups is 1. The number of amides is 2. The molecule has 0 fully saturated rings. The quantitative estimate of drug-likeness (QED) is 0.202. The largest absolute Gasteiger partial charge is 0.370 e. The molecule has 0 saturated heterocycles. The highest BCUT2D eigenvalue weighted by atomic mass is 79.9. The summed E-state index contributed by atoms with van der Waals surface area (Å²) in [7, 11) is 0. The first kappa shape index (κ1) is 23.5. The zero-order chi connectivity index (χ0) is 23.2. The average Bonchev–Trinajstić information content (AvgIpc) is 3.17. The molecular formula is C23H21Br2ClN6O. The highest BCUT2D eigenvalue weighted by molar-refractivity contribution is 9.11. The number of hydrogen-bond donors (Lipinski definition) is 3. The van der Waals surface area contributed by atoms with E-state index in [2.05, 4.69) is 52.9 Å². The Bertz CT molecular complexity index is 1280. The minimum Gasteiger partial charge on any atom is -0.370 e. The summed E-state index contributed by atoms with van der Waals surface area (Å²) in [5.74, 6) is 0.820. The fourth-order valence-corrected chi connectivity index (χ4v) is 4.26. The minimum absolute atomic E-state index is 0.220. The summed E-state index contributed by atoms with van der Waals surface area (Å²) in [6.45, 7) is 1.29. The molecule has 0 unspecified atom stereocenters. The van der Waals surface area contributed by atoms with Crippen LogP contribution in [0.15, 0.2) is 69.7 Å². The molecule has 0 aliphatic rings. The molecule has 170 valence electrons. The van der Waals surface area contributed by atoms with Gasteiger partial charge < -0.3 is 16.0 Å². The summed E-state index contributed by atoms with van der Waals surface area (Å²) in [6.07, 6.45) is 3.41. The molecule has 2 aromatic carbocycles. The monoisotopic (exact) mass is 590 g/mol. The van der Waals surface area contributed by atoms with E-state index < -0.39 is 0 Å². The van der Waals surface area contributed by atoms with Gasteiger partial charge >= 0.3 is 6.03 Å². The maximum Gasteiger partial charge on any atom is 0.319 e. The average molecular weight is 593 g/mol. The van der Waals surface area contributed by atoms with E-state index in [1.165, 1.54) is 0 Å². The van der Waals surface area contributed by atoms with Crippen molar-refractivity contribution in [3.63, 3.8) is 0 Å². The standard InChI is InChI=1S/C23H21Br2ClN6O/c24-15-6-5-7-16(12-15)30-23(33)28-11-4-3-10-27-21-13-20(17-8-1-2-9-19(17)26)31-22-18(25)14-29-32(21)22/h1-2,5-9,12-14,27H,3-4,10-11H2,(H2,28,30,33). The van der Waals surface area contributed by atoms with Gasteiger partial charge in [-0.15, -0.1) is 0 Å². The van der Waals surface area contributed by atoms with E-state index >= 15 is 0 Å². The minimum atomic E-state index is -0.220. The SMILES string of the molecule is O=C(NCCCCNc1cc(-c2ccccc2Cl)nc2c(Br)cnn12)Nc1cccc(Br)c1. The van der Waals surface area contributed by atoms with Gasteiger partial charge in [0.15, 0.2) is 5.65 Å². The second-order valence-corrected chi connectivity index (χ2v) is 9.44. The van der Waals surface area contributed by atoms with Crippen molar-refractivity contribution in [1.82, 2.24) is 19.9 Å². The molecule has 0 aliphatic heterocycles. The maximum absolute atomic E-state index is 12.0. The molecule has 0 atom stereocenters. The first-order valence-electron chi connectivity index (χ1n) is 10.3. The van der Waals surface area contributed by atoms with E-state index in [1.54, 1.807) is 10.7 Å². The van der Waals surface area contributed by atoms with Crippen LogP contribution in [0.5, 0.6) is 0 Å². The van der Waals surface area contributed by atoms with E-state index in [0.717, 1.165) is 44.5 Å². The maximum atomic E-state index is 12.0. The molecule has 0 radical (unpaired) electrons. The van der Waals surface area contributed by atoms with Crippen molar-refractivity contribution >= 4 is 66.6 Å². The molecule has 4 aromatic rings. The Morgan fingerprint density at radius 1 is 1.03 bits per heavy atom. The molecule has 0 spiro atoms. The lowest BCUT2D eigenvalue weighted by molar-refractivity contribution is 0.252. The molecule has 4 rings (SSSR count). The summed E-state index contributed by atoms with van der Waals surface area (Å²) in [5.41, 5.74) is 3.08. The first-order chi connectivity index (χ1) is 16.0. The lowest BCUT2D eigenvalue weighted by Gasteiger charge is -2.12. The van der Waals surface area contributed by atoms with Crippen molar-refractivity contribution in [2.75, 3.05) is 23.7 Å². The van der Waals surface area contributed by atoms with E-state index in [-0.39, 0.29) is 6.03 Å². The van der Waals surface area contributed by atoms with Crippen molar-refractivity contribution in [3.8, 4) is 11.3 Å². The van der Waals surface area contributed by atoms with Gasteiger partial charge in [0.25, 0.3) is 0 Å². The number of fused-ring (bicyclic) bond motifs is 1. The first-order valence-corrected chi connectivity index (χ1v) is 12.3. The number of unbranched alkanes of at least 4 members (excludes halogenated alkanes) is 1. The fourth-order valence-electron chi connectivity index (χ4n) is 3.28. The molecule has 10 heteroatoms. The number of aromatic nitrogens is 3. The van der Waals surface area contributed by atoms with Gasteiger partial charge in [0, 0.05) is 39.9 Å². The predicted octanol–water partition coefficient (Wildman–Crippen LogP) is 6.59. The second-order valence-electron chi connectivity index (χ2n) is 7.26. The van der Waals surface area contributed by atoms with Crippen molar-refractivity contribution in [1.29, 1.82) is 0 Å². The third-order valence-electron chi connectivity index (χ3n) is 4.86. The number of anilines is 2. The number of hydrogen-bond acceptors (Lipinski definition) is 4. The molecular weight excluding hydrogens is 572 g/mol. The third-order valence-corrected chi connectivity index (χ3v) is 6.24. The van der Waals surface area contributed by atoms with Crippen LogP contribution in [-0.2, 0) is 0 Å². The highest BCUT2D eigenvalue weighted by Crippen LogP contribution is 2.30. The van der Waals surface area contributed by atoms with Crippen LogP contribution < -0.4 is 16.0 Å². The smallest absolute Gasteiger partial charge is 0.319 e. The molecule has 3 N–H and O–H groups in total. The van der Waals surface area contributed by atoms with Crippen molar-refractivity contribution < 1.29 is 4.79 Å². The van der Waals surface area contributed by atoms with Gasteiger partial charge in [-0.05, 0) is 53.0 Å². The van der Waals surface area contributed by atoms with Gasteiger partial charge in [-0.2, -0.15) is 9.61 Å². The van der Waals surface area contributed by atoms with Crippen LogP contribution in [0.25, 0.3) is 16.9 Å². The Hall–Kier alpha value is -2.62. The predicted molar refractivity (Wildman–Crippen MR) is 140 cm³/mol. The lowest BCUT2D eigenvalue weighted by atomic mass is 10.1. The van der Waals surface area contributed by atoms with Crippen LogP contribution in [0, 0.1) is 0 Å². The van der Waals surface area contributed by atoms with Crippen molar-refractivity contribution in [2.24, 2.45) is 0 Å². The Kier molecular flexibility index (Phi) is 7.85. The normalized spacial score (nSPS) is 10.9. The summed E-state index contributed by atoms with van der Waals surface area (Å²) in [4.78, 5) is 16.8. The van der Waals surface area contributed by atoms with Gasteiger partial charge in [0.1, 0.15) is 5.82 Å². The topological polar surface area (TPSA) is 83.3 Å². The zero-order valence-corrected chi connectivity index (χ0v) is 21.4. The Balaban J connectivity index is 1.32. The van der Waals surface area contributed by atoms with Crippen LogP contribution >= 0.6 is 43.5 Å². The van der Waals surface area contributed by atoms with E-state index in [4.69, 9.17) is 16.6 Å². The second kappa shape index (κ2) is 11.0. The van der Waals surface area contributed by atoms with E-state index in [9.17, 15) is 4.79 Å². The van der Waals surface area contributed by atoms with Crippen molar-refractivity contribution in [3.05, 3.63) is 74.8 Å². The van der Waals surface area contributed by atoms with Crippen LogP contribution in [0.1, 0.15) is 12.8 Å². The Morgan fingerprint density at radius 2 is 1.85 bits per heavy atom. The molecule has 0 saturated carbocycles. The molecule has 7 nitrogen and oxygen atoms in total. The number of carbonyl (C=O) groups is 1. The Labute approximate surface area is 213 Å². The van der Waals surface area contributed by atoms with Gasteiger partial charge in [0.05, 0.1) is 16.4 Å². The molecule has 2 aromatic heterocycles. The number of benzene rings is 2. The molecule has 2 heterocycles. The summed E-state index contributed by atoms with van der Waals surface area (Å²) in [5, 5.41) is 14.2. The van der Waals surface area contributed by atoms with E-state index in [0.29, 0.717) is 23.8 Å². The van der Waals surface area contributed by atoms with Crippen LogP contribution in [0.3, 0.4) is 0 Å². The number of carbonyl (C=O) groups excluding carboxylic acids is 1. The highest BCUT2D eigenvalue weighted by Gasteiger charge is 2.13. The van der Waals surface area contributed by atoms with Crippen LogP contribution in [0.2, 0.25) is 5.02 Å².